The second-order valence-corrected chi connectivity index (χ2v) is 6.43. The van der Waals surface area contributed by atoms with Gasteiger partial charge < -0.3 is 15.5 Å². The van der Waals surface area contributed by atoms with Crippen LogP contribution in [0.5, 0.6) is 0 Å². The summed E-state index contributed by atoms with van der Waals surface area (Å²) < 4.78 is 1.64. The van der Waals surface area contributed by atoms with E-state index in [-0.39, 0.29) is 12.3 Å². The van der Waals surface area contributed by atoms with E-state index >= 15 is 0 Å². The average molecular weight is 365 g/mol. The van der Waals surface area contributed by atoms with Crippen LogP contribution in [0.1, 0.15) is 15.9 Å². The number of hydrogen-bond donors (Lipinski definition) is 1. The molecule has 27 heavy (non-hydrogen) atoms. The number of piperazine rings is 1. The lowest BCUT2D eigenvalue weighted by Gasteiger charge is -2.35. The molecule has 2 N–H and O–H groups in total. The van der Waals surface area contributed by atoms with Crippen LogP contribution in [0.25, 0.3) is 5.65 Å². The summed E-state index contributed by atoms with van der Waals surface area (Å²) >= 11 is 0. The summed E-state index contributed by atoms with van der Waals surface area (Å²) in [5.41, 5.74) is 7.21. The minimum atomic E-state index is -0.490. The average Bonchev–Trinajstić information content (AvgIpc) is 3.16. The molecule has 9 nitrogen and oxygen atoms in total. The van der Waals surface area contributed by atoms with Crippen molar-refractivity contribution in [1.29, 1.82) is 0 Å². The van der Waals surface area contributed by atoms with Gasteiger partial charge in [-0.1, -0.05) is 12.1 Å². The highest BCUT2D eigenvalue weighted by molar-refractivity contribution is 5.93. The molecule has 1 saturated heterocycles. The lowest BCUT2D eigenvalue weighted by Crippen LogP contribution is -2.49. The smallest absolute Gasteiger partial charge is 0.248 e. The van der Waals surface area contributed by atoms with Crippen LogP contribution in [0.15, 0.2) is 42.7 Å². The van der Waals surface area contributed by atoms with Gasteiger partial charge in [-0.3, -0.25) is 9.59 Å². The number of nitrogens with zero attached hydrogens (tertiary/aromatic N) is 6. The fraction of sp³-hybridized carbons (Fsp3) is 0.278. The fourth-order valence-electron chi connectivity index (χ4n) is 3.19. The summed E-state index contributed by atoms with van der Waals surface area (Å²) in [4.78, 5) is 27.8. The van der Waals surface area contributed by atoms with E-state index in [1.165, 1.54) is 0 Å². The first-order valence-corrected chi connectivity index (χ1v) is 8.69. The van der Waals surface area contributed by atoms with Gasteiger partial charge in [0.15, 0.2) is 5.65 Å². The molecule has 0 saturated carbocycles. The minimum absolute atomic E-state index is 0.0403. The Kier molecular flexibility index (Phi) is 4.41. The fourth-order valence-corrected chi connectivity index (χ4v) is 3.19. The SMILES string of the molecule is NC(=O)c1cccc(CC(=O)N2CCN(c3ccc4nncn4n3)CC2)c1. The molecule has 2 aromatic heterocycles. The van der Waals surface area contributed by atoms with Crippen LogP contribution in [-0.4, -0.2) is 62.7 Å². The van der Waals surface area contributed by atoms with Crippen molar-refractivity contribution in [3.8, 4) is 0 Å². The standard InChI is InChI=1S/C18H19N7O2/c19-18(27)14-3-1-2-13(10-14)11-17(26)24-8-6-23(7-9-24)16-5-4-15-21-20-12-25(15)22-16/h1-5,10,12H,6-9,11H2,(H2,19,27). The van der Waals surface area contributed by atoms with Crippen molar-refractivity contribution in [3.05, 3.63) is 53.9 Å². The third-order valence-corrected chi connectivity index (χ3v) is 4.67. The van der Waals surface area contributed by atoms with E-state index in [4.69, 9.17) is 5.73 Å². The molecule has 0 aliphatic carbocycles. The predicted octanol–water partition coefficient (Wildman–Crippen LogP) is 0.114. The quantitative estimate of drug-likeness (QED) is 0.703. The van der Waals surface area contributed by atoms with E-state index in [1.807, 2.05) is 23.1 Å². The van der Waals surface area contributed by atoms with Crippen LogP contribution >= 0.6 is 0 Å². The summed E-state index contributed by atoms with van der Waals surface area (Å²) in [6.07, 6.45) is 1.82. The Balaban J connectivity index is 1.37. The van der Waals surface area contributed by atoms with Gasteiger partial charge in [-0.15, -0.1) is 15.3 Å². The van der Waals surface area contributed by atoms with E-state index in [1.54, 1.807) is 29.0 Å². The Hall–Kier alpha value is -3.49. The van der Waals surface area contributed by atoms with Crippen molar-refractivity contribution in [1.82, 2.24) is 24.7 Å². The summed E-state index contributed by atoms with van der Waals surface area (Å²) in [5, 5.41) is 12.3. The van der Waals surface area contributed by atoms with Crippen LogP contribution in [0.2, 0.25) is 0 Å². The van der Waals surface area contributed by atoms with Crippen molar-refractivity contribution in [2.45, 2.75) is 6.42 Å². The number of fused-ring (bicyclic) bond motifs is 1. The van der Waals surface area contributed by atoms with E-state index in [0.29, 0.717) is 37.4 Å². The lowest BCUT2D eigenvalue weighted by molar-refractivity contribution is -0.130. The van der Waals surface area contributed by atoms with Gasteiger partial charge in [0, 0.05) is 31.7 Å². The summed E-state index contributed by atoms with van der Waals surface area (Å²) in [7, 11) is 0. The molecule has 138 valence electrons. The molecule has 0 spiro atoms. The Morgan fingerprint density at radius 1 is 1.07 bits per heavy atom. The third-order valence-electron chi connectivity index (χ3n) is 4.67. The van der Waals surface area contributed by atoms with Crippen LogP contribution in [-0.2, 0) is 11.2 Å². The monoisotopic (exact) mass is 365 g/mol. The molecule has 9 heteroatoms. The summed E-state index contributed by atoms with van der Waals surface area (Å²) in [5.74, 6) is 0.387. The number of amides is 2. The number of aromatic nitrogens is 4. The van der Waals surface area contributed by atoms with Crippen LogP contribution < -0.4 is 10.6 Å². The molecule has 1 aliphatic rings. The Morgan fingerprint density at radius 2 is 1.89 bits per heavy atom. The van der Waals surface area contributed by atoms with Crippen molar-refractivity contribution < 1.29 is 9.59 Å². The molecule has 0 radical (unpaired) electrons. The number of anilines is 1. The molecular weight excluding hydrogens is 346 g/mol. The summed E-state index contributed by atoms with van der Waals surface area (Å²) in [6.45, 7) is 2.65. The first kappa shape index (κ1) is 17.0. The van der Waals surface area contributed by atoms with Gasteiger partial charge in [0.2, 0.25) is 11.8 Å². The predicted molar refractivity (Wildman–Crippen MR) is 98.2 cm³/mol. The molecule has 0 unspecified atom stereocenters. The topological polar surface area (TPSA) is 110 Å². The maximum Gasteiger partial charge on any atom is 0.248 e. The number of carbonyl (C=O) groups excluding carboxylic acids is 2. The Morgan fingerprint density at radius 3 is 2.67 bits per heavy atom. The van der Waals surface area contributed by atoms with Gasteiger partial charge >= 0.3 is 0 Å². The van der Waals surface area contributed by atoms with Gasteiger partial charge in [-0.2, -0.15) is 4.52 Å². The van der Waals surface area contributed by atoms with Gasteiger partial charge in [-0.25, -0.2) is 0 Å². The molecular formula is C18H19N7O2. The second-order valence-electron chi connectivity index (χ2n) is 6.43. The van der Waals surface area contributed by atoms with E-state index < -0.39 is 5.91 Å². The highest BCUT2D eigenvalue weighted by atomic mass is 16.2. The van der Waals surface area contributed by atoms with E-state index in [9.17, 15) is 9.59 Å². The molecule has 0 atom stereocenters. The maximum atomic E-state index is 12.6. The van der Waals surface area contributed by atoms with Gasteiger partial charge in [-0.05, 0) is 29.8 Å². The second kappa shape index (κ2) is 7.02. The number of rotatable bonds is 4. The van der Waals surface area contributed by atoms with Gasteiger partial charge in [0.05, 0.1) is 6.42 Å². The van der Waals surface area contributed by atoms with E-state index in [0.717, 1.165) is 11.4 Å². The van der Waals surface area contributed by atoms with E-state index in [2.05, 4.69) is 20.2 Å². The largest absolute Gasteiger partial charge is 0.366 e. The Labute approximate surface area is 155 Å². The molecule has 3 heterocycles. The molecule has 1 fully saturated rings. The summed E-state index contributed by atoms with van der Waals surface area (Å²) in [6, 6.07) is 10.7. The lowest BCUT2D eigenvalue weighted by atomic mass is 10.1. The Bertz CT molecular complexity index is 992. The molecule has 0 bridgehead atoms. The third kappa shape index (κ3) is 3.57. The van der Waals surface area contributed by atoms with Crippen molar-refractivity contribution in [2.24, 2.45) is 5.73 Å². The zero-order chi connectivity index (χ0) is 18.8. The van der Waals surface area contributed by atoms with Crippen molar-refractivity contribution in [2.75, 3.05) is 31.1 Å². The highest BCUT2D eigenvalue weighted by Gasteiger charge is 2.22. The zero-order valence-electron chi connectivity index (χ0n) is 14.7. The normalized spacial score (nSPS) is 14.5. The van der Waals surface area contributed by atoms with Gasteiger partial charge in [0.1, 0.15) is 12.1 Å². The molecule has 2 amide bonds. The van der Waals surface area contributed by atoms with Crippen LogP contribution in [0, 0.1) is 0 Å². The number of carbonyl (C=O) groups is 2. The molecule has 4 rings (SSSR count). The first-order valence-electron chi connectivity index (χ1n) is 8.69. The number of primary amides is 1. The number of nitrogens with two attached hydrogens (primary N) is 1. The van der Waals surface area contributed by atoms with Crippen LogP contribution in [0.3, 0.4) is 0 Å². The molecule has 3 aromatic rings. The molecule has 1 aromatic carbocycles. The highest BCUT2D eigenvalue weighted by Crippen LogP contribution is 2.15. The van der Waals surface area contributed by atoms with Crippen molar-refractivity contribution in [3.63, 3.8) is 0 Å². The van der Waals surface area contributed by atoms with Gasteiger partial charge in [0.25, 0.3) is 0 Å². The molecule has 1 aliphatic heterocycles. The van der Waals surface area contributed by atoms with Crippen molar-refractivity contribution >= 4 is 23.3 Å². The number of benzene rings is 1. The zero-order valence-corrected chi connectivity index (χ0v) is 14.7. The number of hydrogen-bond acceptors (Lipinski definition) is 6. The first-order chi connectivity index (χ1) is 13.1. The van der Waals surface area contributed by atoms with Crippen LogP contribution in [0.4, 0.5) is 5.82 Å². The minimum Gasteiger partial charge on any atom is -0.366 e. The maximum absolute atomic E-state index is 12.6.